The van der Waals surface area contributed by atoms with Crippen molar-refractivity contribution in [3.8, 4) is 0 Å². The lowest BCUT2D eigenvalue weighted by molar-refractivity contribution is -0.394. The third kappa shape index (κ3) is 2.75. The summed E-state index contributed by atoms with van der Waals surface area (Å²) in [5, 5.41) is 21.4. The number of nitrogens with zero attached hydrogens (tertiary/aromatic N) is 4. The monoisotopic (exact) mass is 278 g/mol. The van der Waals surface area contributed by atoms with Crippen LogP contribution in [0.5, 0.6) is 0 Å². The maximum Gasteiger partial charge on any atom is 0.364 e. The summed E-state index contributed by atoms with van der Waals surface area (Å²) in [5.74, 6) is -0.977. The molecule has 0 atom stereocenters. The third-order valence-corrected chi connectivity index (χ3v) is 2.23. The van der Waals surface area contributed by atoms with Gasteiger partial charge in [0.2, 0.25) is 0 Å². The van der Waals surface area contributed by atoms with E-state index in [9.17, 15) is 25.0 Å². The highest BCUT2D eigenvalue weighted by atomic mass is 16.7. The second-order valence-electron chi connectivity index (χ2n) is 3.55. The Kier molecular flexibility index (Phi) is 3.37. The summed E-state index contributed by atoms with van der Waals surface area (Å²) >= 11 is 0. The Labute approximate surface area is 110 Å². The number of carbonyl (C=O) groups excluding carboxylic acids is 1. The molecule has 0 fully saturated rings. The van der Waals surface area contributed by atoms with Gasteiger partial charge in [0.25, 0.3) is 11.4 Å². The number of imidazole rings is 1. The van der Waals surface area contributed by atoms with Gasteiger partial charge in [0.1, 0.15) is 6.33 Å². The van der Waals surface area contributed by atoms with Gasteiger partial charge in [0.05, 0.1) is 27.7 Å². The van der Waals surface area contributed by atoms with Crippen molar-refractivity contribution < 1.29 is 19.5 Å². The van der Waals surface area contributed by atoms with Crippen LogP contribution in [0, 0.1) is 20.2 Å². The largest absolute Gasteiger partial charge is 0.364 e. The van der Waals surface area contributed by atoms with E-state index in [1.54, 1.807) is 0 Å². The van der Waals surface area contributed by atoms with Gasteiger partial charge in [-0.15, -0.1) is 0 Å². The summed E-state index contributed by atoms with van der Waals surface area (Å²) in [4.78, 5) is 39.9. The Balaban J connectivity index is 2.37. The minimum Gasteiger partial charge on any atom is -0.330 e. The van der Waals surface area contributed by atoms with Crippen LogP contribution in [0.15, 0.2) is 36.9 Å². The molecule has 0 unspecified atom stereocenters. The van der Waals surface area contributed by atoms with Crippen LogP contribution in [0.2, 0.25) is 0 Å². The minimum absolute atomic E-state index is 0.306. The van der Waals surface area contributed by atoms with E-state index in [0.29, 0.717) is 0 Å². The standard InChI is InChI=1S/C10H6N4O6/c15-10(20-12-2-1-11-6-12)7-3-8(13(16)17)5-9(4-7)14(18)19/h1-6H. The molecule has 0 spiro atoms. The highest BCUT2D eigenvalue weighted by molar-refractivity contribution is 5.91. The molecule has 0 aliphatic rings. The van der Waals surface area contributed by atoms with E-state index in [4.69, 9.17) is 4.84 Å². The smallest absolute Gasteiger partial charge is 0.330 e. The van der Waals surface area contributed by atoms with Crippen molar-refractivity contribution in [1.29, 1.82) is 0 Å². The number of rotatable bonds is 4. The van der Waals surface area contributed by atoms with E-state index in [1.807, 2.05) is 0 Å². The van der Waals surface area contributed by atoms with Gasteiger partial charge in [0.15, 0.2) is 0 Å². The van der Waals surface area contributed by atoms with Crippen LogP contribution in [0.3, 0.4) is 0 Å². The van der Waals surface area contributed by atoms with Gasteiger partial charge in [-0.3, -0.25) is 20.2 Å². The number of carbonyl (C=O) groups is 1. The van der Waals surface area contributed by atoms with Crippen molar-refractivity contribution in [2.75, 3.05) is 0 Å². The molecule has 0 radical (unpaired) electrons. The maximum absolute atomic E-state index is 11.7. The molecule has 2 rings (SSSR count). The molecule has 1 aromatic carbocycles. The van der Waals surface area contributed by atoms with Crippen LogP contribution < -0.4 is 4.84 Å². The second kappa shape index (κ2) is 5.14. The molecule has 0 aliphatic heterocycles. The lowest BCUT2D eigenvalue weighted by Gasteiger charge is -2.03. The molecular weight excluding hydrogens is 272 g/mol. The number of nitro groups is 2. The fourth-order valence-electron chi connectivity index (χ4n) is 1.37. The SMILES string of the molecule is O=C(On1ccnc1)c1cc([N+](=O)[O-])cc([N+](=O)[O-])c1. The third-order valence-electron chi connectivity index (χ3n) is 2.23. The maximum atomic E-state index is 11.7. The first-order valence-electron chi connectivity index (χ1n) is 5.12. The zero-order valence-corrected chi connectivity index (χ0v) is 9.70. The molecule has 2 aromatic rings. The van der Waals surface area contributed by atoms with Crippen molar-refractivity contribution in [3.63, 3.8) is 0 Å². The van der Waals surface area contributed by atoms with Crippen molar-refractivity contribution in [3.05, 3.63) is 62.7 Å². The average molecular weight is 278 g/mol. The van der Waals surface area contributed by atoms with Crippen LogP contribution in [0.1, 0.15) is 10.4 Å². The fraction of sp³-hybridized carbons (Fsp3) is 0. The van der Waals surface area contributed by atoms with Gasteiger partial charge < -0.3 is 4.84 Å². The molecule has 20 heavy (non-hydrogen) atoms. The molecule has 10 heteroatoms. The Morgan fingerprint density at radius 3 is 2.20 bits per heavy atom. The molecule has 0 amide bonds. The first-order valence-corrected chi connectivity index (χ1v) is 5.12. The first kappa shape index (κ1) is 13.1. The van der Waals surface area contributed by atoms with Gasteiger partial charge >= 0.3 is 5.97 Å². The minimum atomic E-state index is -0.977. The average Bonchev–Trinajstić information content (AvgIpc) is 2.90. The van der Waals surface area contributed by atoms with Crippen molar-refractivity contribution in [2.45, 2.75) is 0 Å². The number of non-ortho nitro benzene ring substituents is 2. The van der Waals surface area contributed by atoms with Gasteiger partial charge in [-0.25, -0.2) is 9.78 Å². The first-order chi connectivity index (χ1) is 9.47. The summed E-state index contributed by atoms with van der Waals surface area (Å²) < 4.78 is 0.965. The number of hydrogen-bond donors (Lipinski definition) is 0. The highest BCUT2D eigenvalue weighted by Gasteiger charge is 2.21. The normalized spacial score (nSPS) is 10.0. The number of benzene rings is 1. The van der Waals surface area contributed by atoms with E-state index < -0.39 is 27.2 Å². The van der Waals surface area contributed by atoms with Crippen LogP contribution in [0.4, 0.5) is 11.4 Å². The van der Waals surface area contributed by atoms with Crippen LogP contribution in [-0.4, -0.2) is 25.5 Å². The molecule has 0 bridgehead atoms. The zero-order chi connectivity index (χ0) is 14.7. The quantitative estimate of drug-likeness (QED) is 0.601. The molecular formula is C10H6N4O6. The van der Waals surface area contributed by atoms with E-state index in [-0.39, 0.29) is 5.56 Å². The molecule has 102 valence electrons. The van der Waals surface area contributed by atoms with Crippen LogP contribution in [-0.2, 0) is 0 Å². The van der Waals surface area contributed by atoms with Crippen LogP contribution >= 0.6 is 0 Å². The van der Waals surface area contributed by atoms with Crippen molar-refractivity contribution in [1.82, 2.24) is 9.71 Å². The molecule has 0 saturated carbocycles. The summed E-state index contributed by atoms with van der Waals surface area (Å²) in [6, 6.07) is 2.55. The number of nitro benzene ring substituents is 2. The topological polar surface area (TPSA) is 130 Å². The summed E-state index contributed by atoms with van der Waals surface area (Å²) in [6.07, 6.45) is 3.86. The van der Waals surface area contributed by atoms with Crippen LogP contribution in [0.25, 0.3) is 0 Å². The number of hydrogen-bond acceptors (Lipinski definition) is 7. The van der Waals surface area contributed by atoms with E-state index in [0.717, 1.165) is 22.9 Å². The molecule has 1 heterocycles. The number of aromatic nitrogens is 2. The van der Waals surface area contributed by atoms with Gasteiger partial charge in [-0.1, -0.05) is 0 Å². The predicted molar refractivity (Wildman–Crippen MR) is 62.9 cm³/mol. The summed E-state index contributed by atoms with van der Waals surface area (Å²) in [6.45, 7) is 0. The van der Waals surface area contributed by atoms with Gasteiger partial charge in [0, 0.05) is 18.3 Å². The molecule has 0 saturated heterocycles. The Hall–Kier alpha value is -3.30. The molecule has 0 N–H and O–H groups in total. The molecule has 10 nitrogen and oxygen atoms in total. The van der Waals surface area contributed by atoms with Gasteiger partial charge in [-0.2, -0.15) is 4.73 Å². The Bertz CT molecular complexity index is 649. The lowest BCUT2D eigenvalue weighted by atomic mass is 10.2. The zero-order valence-electron chi connectivity index (χ0n) is 9.70. The Morgan fingerprint density at radius 2 is 1.75 bits per heavy atom. The van der Waals surface area contributed by atoms with E-state index >= 15 is 0 Å². The van der Waals surface area contributed by atoms with E-state index in [1.165, 1.54) is 18.7 Å². The second-order valence-corrected chi connectivity index (χ2v) is 3.55. The van der Waals surface area contributed by atoms with E-state index in [2.05, 4.69) is 4.98 Å². The predicted octanol–water partition coefficient (Wildman–Crippen LogP) is 0.968. The summed E-state index contributed by atoms with van der Waals surface area (Å²) in [7, 11) is 0. The fourth-order valence-corrected chi connectivity index (χ4v) is 1.37. The van der Waals surface area contributed by atoms with Gasteiger partial charge in [-0.05, 0) is 0 Å². The van der Waals surface area contributed by atoms with Crippen molar-refractivity contribution >= 4 is 17.3 Å². The lowest BCUT2D eigenvalue weighted by Crippen LogP contribution is -2.18. The molecule has 0 aliphatic carbocycles. The highest BCUT2D eigenvalue weighted by Crippen LogP contribution is 2.22. The van der Waals surface area contributed by atoms with Crippen molar-refractivity contribution in [2.24, 2.45) is 0 Å². The Morgan fingerprint density at radius 1 is 1.15 bits per heavy atom. The summed E-state index contributed by atoms with van der Waals surface area (Å²) in [5.41, 5.74) is -1.45. The molecule has 1 aromatic heterocycles.